The maximum atomic E-state index is 12.7. The lowest BCUT2D eigenvalue weighted by Crippen LogP contribution is -2.28. The first-order valence-corrected chi connectivity index (χ1v) is 16.2. The molecule has 40 heavy (non-hydrogen) atoms. The molecular weight excluding hydrogens is 500 g/mol. The van der Waals surface area contributed by atoms with Gasteiger partial charge in [-0.15, -0.1) is 0 Å². The van der Waals surface area contributed by atoms with Crippen LogP contribution in [-0.4, -0.2) is 62.0 Å². The summed E-state index contributed by atoms with van der Waals surface area (Å²) >= 11 is 0. The third-order valence-corrected chi connectivity index (χ3v) is 7.39. The molecule has 0 aliphatic carbocycles. The Balaban J connectivity index is 1.52. The molecule has 0 amide bonds. The standard InChI is InChI=1S/C34H58N2O4/c1-4-6-7-8-9-10-11-12-13-14-15-16-17-18-25-38-28-33(39-24-5-2)29-40-34(37)32-21-19-20-31(26-32)27-36-23-22-35(3)30-36/h19-23,26,33H,4-18,24-25,27-30H2,1-3H3. The third kappa shape index (κ3) is 16.3. The van der Waals surface area contributed by atoms with Crippen molar-refractivity contribution >= 4 is 5.97 Å². The van der Waals surface area contributed by atoms with Gasteiger partial charge in [0.2, 0.25) is 0 Å². The molecule has 1 aromatic rings. The third-order valence-electron chi connectivity index (χ3n) is 7.39. The van der Waals surface area contributed by atoms with E-state index in [9.17, 15) is 4.79 Å². The summed E-state index contributed by atoms with van der Waals surface area (Å²) in [6.07, 6.45) is 23.7. The first-order chi connectivity index (χ1) is 19.6. The molecule has 0 bridgehead atoms. The summed E-state index contributed by atoms with van der Waals surface area (Å²) in [5.41, 5.74) is 1.66. The number of nitrogens with zero attached hydrogens (tertiary/aromatic N) is 2. The zero-order chi connectivity index (χ0) is 28.7. The SMILES string of the molecule is CCCCCCCCCCCCCCCCOCC(COC(=O)c1cccc(CN2C=CN(C)C2)c1)OCCC. The number of hydrogen-bond donors (Lipinski definition) is 0. The van der Waals surface area contributed by atoms with Gasteiger partial charge in [0.25, 0.3) is 0 Å². The number of ether oxygens (including phenoxy) is 3. The van der Waals surface area contributed by atoms with Crippen molar-refractivity contribution < 1.29 is 19.0 Å². The molecule has 1 unspecified atom stereocenters. The molecule has 1 aromatic carbocycles. The van der Waals surface area contributed by atoms with Crippen LogP contribution in [0.3, 0.4) is 0 Å². The molecule has 2 rings (SSSR count). The second-order valence-corrected chi connectivity index (χ2v) is 11.4. The van der Waals surface area contributed by atoms with Gasteiger partial charge in [0, 0.05) is 39.2 Å². The minimum Gasteiger partial charge on any atom is -0.459 e. The minimum absolute atomic E-state index is 0.210. The molecule has 0 radical (unpaired) electrons. The summed E-state index contributed by atoms with van der Waals surface area (Å²) in [6.45, 7) is 8.02. The summed E-state index contributed by atoms with van der Waals surface area (Å²) in [5.74, 6) is -0.312. The number of hydrogen-bond acceptors (Lipinski definition) is 6. The lowest BCUT2D eigenvalue weighted by molar-refractivity contribution is -0.0500. The van der Waals surface area contributed by atoms with Crippen molar-refractivity contribution in [3.63, 3.8) is 0 Å². The van der Waals surface area contributed by atoms with Gasteiger partial charge in [-0.05, 0) is 30.5 Å². The van der Waals surface area contributed by atoms with Crippen LogP contribution in [0.5, 0.6) is 0 Å². The number of benzene rings is 1. The molecule has 6 nitrogen and oxygen atoms in total. The fourth-order valence-corrected chi connectivity index (χ4v) is 5.02. The van der Waals surface area contributed by atoms with Crippen molar-refractivity contribution in [1.29, 1.82) is 0 Å². The summed E-state index contributed by atoms with van der Waals surface area (Å²) in [7, 11) is 2.05. The lowest BCUT2D eigenvalue weighted by Gasteiger charge is -2.19. The summed E-state index contributed by atoms with van der Waals surface area (Å²) in [4.78, 5) is 17.1. The summed E-state index contributed by atoms with van der Waals surface area (Å²) in [5, 5.41) is 0. The molecule has 1 heterocycles. The molecule has 0 aromatic heterocycles. The van der Waals surface area contributed by atoms with Gasteiger partial charge in [0.05, 0.1) is 18.8 Å². The van der Waals surface area contributed by atoms with Crippen LogP contribution in [0.25, 0.3) is 0 Å². The van der Waals surface area contributed by atoms with Crippen molar-refractivity contribution in [2.45, 2.75) is 123 Å². The van der Waals surface area contributed by atoms with Gasteiger partial charge in [-0.2, -0.15) is 0 Å². The number of carbonyl (C=O) groups excluding carboxylic acids is 1. The Morgan fingerprint density at radius 3 is 2.05 bits per heavy atom. The largest absolute Gasteiger partial charge is 0.459 e. The predicted octanol–water partition coefficient (Wildman–Crippen LogP) is 8.31. The van der Waals surface area contributed by atoms with E-state index in [1.165, 1.54) is 83.5 Å². The first kappa shape index (κ1) is 34.2. The van der Waals surface area contributed by atoms with Crippen LogP contribution in [0, 0.1) is 0 Å². The zero-order valence-electron chi connectivity index (χ0n) is 25.9. The lowest BCUT2D eigenvalue weighted by atomic mass is 10.0. The monoisotopic (exact) mass is 558 g/mol. The van der Waals surface area contributed by atoms with E-state index in [0.717, 1.165) is 38.2 Å². The Bertz CT molecular complexity index is 800. The van der Waals surface area contributed by atoms with Gasteiger partial charge in [0.1, 0.15) is 12.7 Å². The maximum absolute atomic E-state index is 12.7. The van der Waals surface area contributed by atoms with Crippen molar-refractivity contribution in [3.05, 3.63) is 47.8 Å². The molecule has 0 spiro atoms. The van der Waals surface area contributed by atoms with E-state index < -0.39 is 0 Å². The fourth-order valence-electron chi connectivity index (χ4n) is 5.02. The highest BCUT2D eigenvalue weighted by atomic mass is 16.6. The number of rotatable bonds is 25. The van der Waals surface area contributed by atoms with Gasteiger partial charge in [-0.3, -0.25) is 0 Å². The molecule has 0 N–H and O–H groups in total. The van der Waals surface area contributed by atoms with Crippen molar-refractivity contribution in [2.75, 3.05) is 40.1 Å². The second-order valence-electron chi connectivity index (χ2n) is 11.4. The number of carbonyl (C=O) groups is 1. The van der Waals surface area contributed by atoms with Crippen LogP contribution in [0.1, 0.15) is 126 Å². The van der Waals surface area contributed by atoms with Crippen LogP contribution in [0.2, 0.25) is 0 Å². The molecule has 6 heteroatoms. The predicted molar refractivity (Wildman–Crippen MR) is 165 cm³/mol. The highest BCUT2D eigenvalue weighted by Gasteiger charge is 2.16. The Morgan fingerprint density at radius 2 is 1.45 bits per heavy atom. The Labute approximate surface area is 245 Å². The first-order valence-electron chi connectivity index (χ1n) is 16.2. The Kier molecular flexibility index (Phi) is 19.3. The van der Waals surface area contributed by atoms with Crippen LogP contribution >= 0.6 is 0 Å². The minimum atomic E-state index is -0.312. The van der Waals surface area contributed by atoms with Crippen molar-refractivity contribution in [2.24, 2.45) is 0 Å². The van der Waals surface area contributed by atoms with Crippen molar-refractivity contribution in [3.8, 4) is 0 Å². The summed E-state index contributed by atoms with van der Waals surface area (Å²) in [6, 6.07) is 7.69. The molecule has 1 atom stereocenters. The Hall–Kier alpha value is -2.05. The number of unbranched alkanes of at least 4 members (excludes halogenated alkanes) is 13. The molecule has 1 aliphatic heterocycles. The van der Waals surface area contributed by atoms with Crippen LogP contribution < -0.4 is 0 Å². The van der Waals surface area contributed by atoms with Gasteiger partial charge >= 0.3 is 5.97 Å². The zero-order valence-corrected chi connectivity index (χ0v) is 25.9. The van der Waals surface area contributed by atoms with Crippen LogP contribution in [0.15, 0.2) is 36.7 Å². The molecule has 0 saturated heterocycles. The van der Waals surface area contributed by atoms with Crippen molar-refractivity contribution in [1.82, 2.24) is 9.80 Å². The molecule has 0 fully saturated rings. The van der Waals surface area contributed by atoms with E-state index in [1.807, 2.05) is 31.3 Å². The second kappa shape index (κ2) is 22.6. The molecule has 228 valence electrons. The highest BCUT2D eigenvalue weighted by Crippen LogP contribution is 2.15. The molecule has 1 aliphatic rings. The van der Waals surface area contributed by atoms with Gasteiger partial charge in [0.15, 0.2) is 0 Å². The topological polar surface area (TPSA) is 51.2 Å². The molecular formula is C34H58N2O4. The van der Waals surface area contributed by atoms with Gasteiger partial charge in [-0.1, -0.05) is 109 Å². The summed E-state index contributed by atoms with van der Waals surface area (Å²) < 4.78 is 17.4. The van der Waals surface area contributed by atoms with E-state index in [2.05, 4.69) is 36.0 Å². The van der Waals surface area contributed by atoms with E-state index in [4.69, 9.17) is 14.2 Å². The van der Waals surface area contributed by atoms with E-state index in [-0.39, 0.29) is 18.7 Å². The average Bonchev–Trinajstić information content (AvgIpc) is 3.37. The van der Waals surface area contributed by atoms with Gasteiger partial charge in [-0.25, -0.2) is 4.79 Å². The van der Waals surface area contributed by atoms with E-state index in [0.29, 0.717) is 18.8 Å². The fraction of sp³-hybridized carbons (Fsp3) is 0.735. The smallest absolute Gasteiger partial charge is 0.338 e. The quantitative estimate of drug-likeness (QED) is 0.0888. The van der Waals surface area contributed by atoms with Crippen LogP contribution in [-0.2, 0) is 20.8 Å². The highest BCUT2D eigenvalue weighted by molar-refractivity contribution is 5.89. The van der Waals surface area contributed by atoms with Crippen LogP contribution in [0.4, 0.5) is 0 Å². The van der Waals surface area contributed by atoms with Gasteiger partial charge < -0.3 is 24.0 Å². The van der Waals surface area contributed by atoms with E-state index >= 15 is 0 Å². The average molecular weight is 559 g/mol. The normalized spacial score (nSPS) is 13.8. The Morgan fingerprint density at radius 1 is 0.800 bits per heavy atom. The molecule has 0 saturated carbocycles. The number of esters is 1. The maximum Gasteiger partial charge on any atom is 0.338 e. The van der Waals surface area contributed by atoms with E-state index in [1.54, 1.807) is 0 Å².